The van der Waals surface area contributed by atoms with Crippen LogP contribution in [-0.4, -0.2) is 46.5 Å². The Morgan fingerprint density at radius 3 is 2.69 bits per heavy atom. The highest BCUT2D eigenvalue weighted by Crippen LogP contribution is 2.28. The molecule has 1 aliphatic heterocycles. The van der Waals surface area contributed by atoms with Crippen LogP contribution in [0.3, 0.4) is 0 Å². The third-order valence-electron chi connectivity index (χ3n) is 6.37. The van der Waals surface area contributed by atoms with Gasteiger partial charge in [-0.2, -0.15) is 0 Å². The number of carbonyl (C=O) groups excluding carboxylic acids is 2. The molecule has 4 rings (SSSR count). The molecule has 2 aromatic rings. The zero-order valence-electron chi connectivity index (χ0n) is 18.4. The van der Waals surface area contributed by atoms with Crippen LogP contribution < -0.4 is 10.3 Å². The van der Waals surface area contributed by atoms with Crippen molar-refractivity contribution in [1.82, 2.24) is 14.5 Å². The number of hydrogen-bond donors (Lipinski definition) is 0. The van der Waals surface area contributed by atoms with Gasteiger partial charge in [-0.05, 0) is 18.9 Å². The topological polar surface area (TPSA) is 90.7 Å². The smallest absolute Gasteiger partial charge is 0.343 e. The predicted octanol–water partition coefficient (Wildman–Crippen LogP) is 2.57. The lowest BCUT2D eigenvalue weighted by molar-refractivity contribution is -0.136. The van der Waals surface area contributed by atoms with Crippen LogP contribution in [0.15, 0.2) is 35.4 Å². The SMILES string of the molecule is COC(=O)c1c(OCc2cccnc2)cc(=O)n2c1CCN(C(=O)C1CCCCC1)CC2. The molecule has 0 N–H and O–H groups in total. The predicted molar refractivity (Wildman–Crippen MR) is 117 cm³/mol. The van der Waals surface area contributed by atoms with Gasteiger partial charge in [0.1, 0.15) is 17.9 Å². The minimum absolute atomic E-state index is 0.0696. The summed E-state index contributed by atoms with van der Waals surface area (Å²) in [5.74, 6) is -0.121. The van der Waals surface area contributed by atoms with Gasteiger partial charge >= 0.3 is 5.97 Å². The van der Waals surface area contributed by atoms with Crippen molar-refractivity contribution in [2.45, 2.75) is 51.7 Å². The van der Waals surface area contributed by atoms with E-state index in [1.165, 1.54) is 19.6 Å². The Labute approximate surface area is 187 Å². The number of rotatable bonds is 5. The number of methoxy groups -OCH3 is 1. The maximum atomic E-state index is 13.1. The Bertz CT molecular complexity index is 1030. The summed E-state index contributed by atoms with van der Waals surface area (Å²) in [6, 6.07) is 4.99. The molecule has 0 saturated heterocycles. The number of fused-ring (bicyclic) bond motifs is 1. The maximum absolute atomic E-state index is 13.1. The molecule has 3 heterocycles. The Morgan fingerprint density at radius 2 is 1.97 bits per heavy atom. The molecule has 1 aliphatic carbocycles. The zero-order chi connectivity index (χ0) is 22.5. The van der Waals surface area contributed by atoms with Crippen molar-refractivity contribution in [1.29, 1.82) is 0 Å². The van der Waals surface area contributed by atoms with Crippen molar-refractivity contribution in [2.24, 2.45) is 5.92 Å². The molecule has 1 saturated carbocycles. The van der Waals surface area contributed by atoms with Gasteiger partial charge in [0.15, 0.2) is 0 Å². The summed E-state index contributed by atoms with van der Waals surface area (Å²) < 4.78 is 12.5. The van der Waals surface area contributed by atoms with E-state index in [9.17, 15) is 14.4 Å². The second kappa shape index (κ2) is 9.97. The first-order valence-corrected chi connectivity index (χ1v) is 11.2. The largest absolute Gasteiger partial charge is 0.488 e. The first-order chi connectivity index (χ1) is 15.6. The van der Waals surface area contributed by atoms with E-state index in [2.05, 4.69) is 4.98 Å². The Morgan fingerprint density at radius 1 is 1.16 bits per heavy atom. The number of amides is 1. The average molecular weight is 440 g/mol. The van der Waals surface area contributed by atoms with Crippen LogP contribution in [0.2, 0.25) is 0 Å². The third-order valence-corrected chi connectivity index (χ3v) is 6.37. The minimum atomic E-state index is -0.554. The van der Waals surface area contributed by atoms with E-state index < -0.39 is 5.97 Å². The molecule has 32 heavy (non-hydrogen) atoms. The van der Waals surface area contributed by atoms with Gasteiger partial charge in [0, 0.05) is 61.7 Å². The number of carbonyl (C=O) groups is 2. The summed E-state index contributed by atoms with van der Waals surface area (Å²) in [5, 5.41) is 0. The Hall–Kier alpha value is -3.16. The molecule has 0 aromatic carbocycles. The van der Waals surface area contributed by atoms with E-state index in [0.717, 1.165) is 31.2 Å². The highest BCUT2D eigenvalue weighted by Gasteiger charge is 2.30. The number of ether oxygens (including phenoxy) is 2. The van der Waals surface area contributed by atoms with Crippen LogP contribution in [0, 0.1) is 5.92 Å². The van der Waals surface area contributed by atoms with Crippen LogP contribution in [0.25, 0.3) is 0 Å². The summed E-state index contributed by atoms with van der Waals surface area (Å²) in [6.07, 6.45) is 8.96. The zero-order valence-corrected chi connectivity index (χ0v) is 18.4. The first kappa shape index (κ1) is 22.0. The van der Waals surface area contributed by atoms with E-state index in [-0.39, 0.29) is 35.3 Å². The highest BCUT2D eigenvalue weighted by molar-refractivity contribution is 5.93. The summed E-state index contributed by atoms with van der Waals surface area (Å²) >= 11 is 0. The van der Waals surface area contributed by atoms with Crippen molar-refractivity contribution in [2.75, 3.05) is 20.2 Å². The fourth-order valence-electron chi connectivity index (χ4n) is 4.66. The number of hydrogen-bond acceptors (Lipinski definition) is 6. The first-order valence-electron chi connectivity index (χ1n) is 11.2. The van der Waals surface area contributed by atoms with Gasteiger partial charge < -0.3 is 18.9 Å². The number of aromatic nitrogens is 2. The second-order valence-electron chi connectivity index (χ2n) is 8.37. The third kappa shape index (κ3) is 4.69. The molecule has 2 aromatic heterocycles. The maximum Gasteiger partial charge on any atom is 0.343 e. The standard InChI is InChI=1S/C24H29N3O5/c1-31-24(30)22-19-9-11-26(23(29)18-7-3-2-4-8-18)12-13-27(19)21(28)14-20(22)32-16-17-6-5-10-25-15-17/h5-6,10,14-15,18H,2-4,7-9,11-13,16H2,1H3. The van der Waals surface area contributed by atoms with Crippen molar-refractivity contribution < 1.29 is 19.1 Å². The fraction of sp³-hybridized carbons (Fsp3) is 0.500. The van der Waals surface area contributed by atoms with E-state index in [1.54, 1.807) is 23.0 Å². The van der Waals surface area contributed by atoms with Crippen LogP contribution in [0.1, 0.15) is 53.7 Å². The molecule has 0 radical (unpaired) electrons. The van der Waals surface area contributed by atoms with Gasteiger partial charge in [0.2, 0.25) is 5.91 Å². The van der Waals surface area contributed by atoms with Gasteiger partial charge in [-0.15, -0.1) is 0 Å². The van der Waals surface area contributed by atoms with Crippen LogP contribution in [0.4, 0.5) is 0 Å². The second-order valence-corrected chi connectivity index (χ2v) is 8.37. The van der Waals surface area contributed by atoms with Crippen LogP contribution in [0.5, 0.6) is 5.75 Å². The molecular weight excluding hydrogens is 410 g/mol. The summed E-state index contributed by atoms with van der Waals surface area (Å²) in [6.45, 7) is 1.44. The normalized spacial score (nSPS) is 16.7. The quantitative estimate of drug-likeness (QED) is 0.665. The molecule has 170 valence electrons. The molecule has 2 aliphatic rings. The summed E-state index contributed by atoms with van der Waals surface area (Å²) in [4.78, 5) is 44.6. The van der Waals surface area contributed by atoms with Gasteiger partial charge in [0.25, 0.3) is 5.56 Å². The summed E-state index contributed by atoms with van der Waals surface area (Å²) in [5.41, 5.74) is 1.39. The van der Waals surface area contributed by atoms with Crippen molar-refractivity contribution in [3.05, 3.63) is 57.8 Å². The van der Waals surface area contributed by atoms with Gasteiger partial charge in [-0.3, -0.25) is 14.6 Å². The van der Waals surface area contributed by atoms with Crippen LogP contribution >= 0.6 is 0 Å². The number of nitrogens with zero attached hydrogens (tertiary/aromatic N) is 3. The minimum Gasteiger partial charge on any atom is -0.488 e. The van der Waals surface area contributed by atoms with Gasteiger partial charge in [-0.1, -0.05) is 25.3 Å². The molecule has 0 unspecified atom stereocenters. The van der Waals surface area contributed by atoms with Gasteiger partial charge in [0.05, 0.1) is 7.11 Å². The molecule has 8 heteroatoms. The van der Waals surface area contributed by atoms with Gasteiger partial charge in [-0.25, -0.2) is 4.79 Å². The van der Waals surface area contributed by atoms with E-state index >= 15 is 0 Å². The molecule has 0 spiro atoms. The van der Waals surface area contributed by atoms with Crippen molar-refractivity contribution in [3.8, 4) is 5.75 Å². The molecule has 0 atom stereocenters. The molecule has 8 nitrogen and oxygen atoms in total. The van der Waals surface area contributed by atoms with E-state index in [1.807, 2.05) is 11.0 Å². The fourth-order valence-corrected chi connectivity index (χ4v) is 4.66. The molecule has 1 amide bonds. The van der Waals surface area contributed by atoms with E-state index in [0.29, 0.717) is 31.7 Å². The Balaban J connectivity index is 1.60. The lowest BCUT2D eigenvalue weighted by Crippen LogP contribution is -2.39. The monoisotopic (exact) mass is 439 g/mol. The molecular formula is C24H29N3O5. The molecule has 0 bridgehead atoms. The molecule has 1 fully saturated rings. The highest BCUT2D eigenvalue weighted by atomic mass is 16.5. The van der Waals surface area contributed by atoms with E-state index in [4.69, 9.17) is 9.47 Å². The average Bonchev–Trinajstić information content (AvgIpc) is 3.07. The van der Waals surface area contributed by atoms with Crippen LogP contribution in [-0.2, 0) is 29.1 Å². The Kier molecular flexibility index (Phi) is 6.87. The lowest BCUT2D eigenvalue weighted by atomic mass is 9.88. The number of esters is 1. The number of pyridine rings is 2. The van der Waals surface area contributed by atoms with Crippen molar-refractivity contribution >= 4 is 11.9 Å². The van der Waals surface area contributed by atoms with Crippen molar-refractivity contribution in [3.63, 3.8) is 0 Å². The summed E-state index contributed by atoms with van der Waals surface area (Å²) in [7, 11) is 1.31. The lowest BCUT2D eigenvalue weighted by Gasteiger charge is -2.28.